The Bertz CT molecular complexity index is 267. The predicted octanol–water partition coefficient (Wildman–Crippen LogP) is 2.56. The van der Waals surface area contributed by atoms with E-state index in [0.717, 1.165) is 5.56 Å². The lowest BCUT2D eigenvalue weighted by Crippen LogP contribution is -2.29. The van der Waals surface area contributed by atoms with Crippen LogP contribution in [-0.2, 0) is 6.54 Å². The van der Waals surface area contributed by atoms with Crippen molar-refractivity contribution in [1.29, 1.82) is 0 Å². The van der Waals surface area contributed by atoms with Gasteiger partial charge in [0, 0.05) is 36.2 Å². The van der Waals surface area contributed by atoms with Crippen LogP contribution in [0.15, 0.2) is 18.2 Å². The number of nitrogens with zero attached hydrogens (tertiary/aromatic N) is 1. The molecule has 1 N–H and O–H groups in total. The Morgan fingerprint density at radius 3 is 2.23 bits per heavy atom. The van der Waals surface area contributed by atoms with Gasteiger partial charge in [0.15, 0.2) is 0 Å². The first-order valence-electron chi connectivity index (χ1n) is 3.95. The van der Waals surface area contributed by atoms with E-state index in [1.807, 2.05) is 37.3 Å². The molecule has 0 saturated heterocycles. The summed E-state index contributed by atoms with van der Waals surface area (Å²) in [5, 5.41) is 3.25. The van der Waals surface area contributed by atoms with Crippen LogP contribution in [0.25, 0.3) is 0 Å². The molecule has 1 aromatic rings. The maximum absolute atomic E-state index is 5.97. The van der Waals surface area contributed by atoms with Crippen molar-refractivity contribution < 1.29 is 0 Å². The second kappa shape index (κ2) is 4.82. The SMILES string of the molecule is CN(C)NCc1c(Cl)cccc1Cl. The van der Waals surface area contributed by atoms with Gasteiger partial charge in [-0.2, -0.15) is 0 Å². The van der Waals surface area contributed by atoms with Crippen LogP contribution in [-0.4, -0.2) is 19.1 Å². The summed E-state index contributed by atoms with van der Waals surface area (Å²) < 4.78 is 0. The number of rotatable bonds is 3. The molecule has 0 aliphatic carbocycles. The summed E-state index contributed by atoms with van der Waals surface area (Å²) in [6, 6.07) is 5.50. The van der Waals surface area contributed by atoms with E-state index in [1.54, 1.807) is 0 Å². The zero-order chi connectivity index (χ0) is 9.84. The summed E-state index contributed by atoms with van der Waals surface area (Å²) in [4.78, 5) is 0. The average Bonchev–Trinajstić information content (AvgIpc) is 2.03. The smallest absolute Gasteiger partial charge is 0.0466 e. The highest BCUT2D eigenvalue weighted by Gasteiger charge is 2.04. The number of hydrogen-bond donors (Lipinski definition) is 1. The first kappa shape index (κ1) is 10.8. The Hall–Kier alpha value is -0.280. The minimum absolute atomic E-state index is 0.644. The summed E-state index contributed by atoms with van der Waals surface area (Å²) in [7, 11) is 3.84. The fraction of sp³-hybridized carbons (Fsp3) is 0.333. The standard InChI is InChI=1S/C9H12Cl2N2/c1-13(2)12-6-7-8(10)4-3-5-9(7)11/h3-5,12H,6H2,1-2H3. The molecular formula is C9H12Cl2N2. The lowest BCUT2D eigenvalue weighted by Gasteiger charge is -2.13. The quantitative estimate of drug-likeness (QED) is 0.786. The molecule has 0 amide bonds. The Labute approximate surface area is 88.4 Å². The molecule has 0 unspecified atom stereocenters. The molecule has 0 fully saturated rings. The Balaban J connectivity index is 2.75. The monoisotopic (exact) mass is 218 g/mol. The second-order valence-electron chi connectivity index (χ2n) is 2.93. The highest BCUT2D eigenvalue weighted by Crippen LogP contribution is 2.23. The van der Waals surface area contributed by atoms with Crippen molar-refractivity contribution in [2.75, 3.05) is 14.1 Å². The highest BCUT2D eigenvalue weighted by molar-refractivity contribution is 6.35. The van der Waals surface area contributed by atoms with E-state index in [-0.39, 0.29) is 0 Å². The van der Waals surface area contributed by atoms with Crippen molar-refractivity contribution in [2.24, 2.45) is 0 Å². The molecule has 0 aliphatic heterocycles. The molecule has 1 rings (SSSR count). The molecule has 1 aromatic carbocycles. The second-order valence-corrected chi connectivity index (χ2v) is 3.74. The van der Waals surface area contributed by atoms with Crippen LogP contribution >= 0.6 is 23.2 Å². The van der Waals surface area contributed by atoms with E-state index >= 15 is 0 Å². The molecule has 0 radical (unpaired) electrons. The number of hydrogen-bond acceptors (Lipinski definition) is 2. The molecule has 0 aromatic heterocycles. The molecule has 0 spiro atoms. The molecule has 2 nitrogen and oxygen atoms in total. The van der Waals surface area contributed by atoms with Gasteiger partial charge >= 0.3 is 0 Å². The first-order valence-corrected chi connectivity index (χ1v) is 4.70. The van der Waals surface area contributed by atoms with Crippen LogP contribution < -0.4 is 5.43 Å². The largest absolute Gasteiger partial charge is 0.251 e. The fourth-order valence-electron chi connectivity index (χ4n) is 0.938. The molecule has 0 aliphatic rings. The van der Waals surface area contributed by atoms with Crippen molar-refractivity contribution in [2.45, 2.75) is 6.54 Å². The van der Waals surface area contributed by atoms with Crippen LogP contribution in [0, 0.1) is 0 Å². The van der Waals surface area contributed by atoms with Gasteiger partial charge in [0.05, 0.1) is 0 Å². The normalized spacial score (nSPS) is 10.8. The van der Waals surface area contributed by atoms with Gasteiger partial charge in [-0.1, -0.05) is 29.3 Å². The average molecular weight is 219 g/mol. The Kier molecular flexibility index (Phi) is 4.00. The number of halogens is 2. The minimum atomic E-state index is 0.644. The third-order valence-corrected chi connectivity index (χ3v) is 2.34. The van der Waals surface area contributed by atoms with Crippen molar-refractivity contribution in [3.63, 3.8) is 0 Å². The predicted molar refractivity (Wildman–Crippen MR) is 57.0 cm³/mol. The van der Waals surface area contributed by atoms with Gasteiger partial charge in [0.2, 0.25) is 0 Å². The van der Waals surface area contributed by atoms with Gasteiger partial charge < -0.3 is 0 Å². The number of hydrazine groups is 1. The molecule has 72 valence electrons. The van der Waals surface area contributed by atoms with Gasteiger partial charge in [-0.05, 0) is 12.1 Å². The van der Waals surface area contributed by atoms with Crippen molar-refractivity contribution in [1.82, 2.24) is 10.4 Å². The molecule has 0 bridgehead atoms. The molecule has 0 heterocycles. The lowest BCUT2D eigenvalue weighted by molar-refractivity contribution is 0.286. The zero-order valence-corrected chi connectivity index (χ0v) is 9.15. The zero-order valence-electron chi connectivity index (χ0n) is 7.64. The van der Waals surface area contributed by atoms with Crippen LogP contribution in [0.4, 0.5) is 0 Å². The van der Waals surface area contributed by atoms with E-state index in [2.05, 4.69) is 5.43 Å². The van der Waals surface area contributed by atoms with Crippen LogP contribution in [0.2, 0.25) is 10.0 Å². The van der Waals surface area contributed by atoms with Crippen LogP contribution in [0.5, 0.6) is 0 Å². The maximum Gasteiger partial charge on any atom is 0.0466 e. The number of benzene rings is 1. The van der Waals surface area contributed by atoms with Crippen molar-refractivity contribution in [3.8, 4) is 0 Å². The summed E-state index contributed by atoms with van der Waals surface area (Å²) in [5.74, 6) is 0. The first-order chi connectivity index (χ1) is 6.11. The van der Waals surface area contributed by atoms with Crippen molar-refractivity contribution in [3.05, 3.63) is 33.8 Å². The van der Waals surface area contributed by atoms with Gasteiger partial charge in [-0.15, -0.1) is 0 Å². The highest BCUT2D eigenvalue weighted by atomic mass is 35.5. The van der Waals surface area contributed by atoms with Gasteiger partial charge in [-0.25, -0.2) is 0 Å². The Morgan fingerprint density at radius 1 is 1.23 bits per heavy atom. The van der Waals surface area contributed by atoms with Gasteiger partial charge in [-0.3, -0.25) is 10.4 Å². The van der Waals surface area contributed by atoms with E-state index < -0.39 is 0 Å². The third kappa shape index (κ3) is 3.16. The summed E-state index contributed by atoms with van der Waals surface area (Å²) in [6.45, 7) is 0.644. The summed E-state index contributed by atoms with van der Waals surface area (Å²) in [5.41, 5.74) is 4.04. The topological polar surface area (TPSA) is 15.3 Å². The van der Waals surface area contributed by atoms with Gasteiger partial charge in [0.25, 0.3) is 0 Å². The maximum atomic E-state index is 5.97. The lowest BCUT2D eigenvalue weighted by atomic mass is 10.2. The van der Waals surface area contributed by atoms with E-state index in [0.29, 0.717) is 16.6 Å². The van der Waals surface area contributed by atoms with Crippen LogP contribution in [0.1, 0.15) is 5.56 Å². The number of nitrogens with one attached hydrogen (secondary N) is 1. The van der Waals surface area contributed by atoms with E-state index in [1.165, 1.54) is 0 Å². The molecule has 13 heavy (non-hydrogen) atoms. The molecule has 0 saturated carbocycles. The van der Waals surface area contributed by atoms with E-state index in [4.69, 9.17) is 23.2 Å². The summed E-state index contributed by atoms with van der Waals surface area (Å²) >= 11 is 11.9. The summed E-state index contributed by atoms with van der Waals surface area (Å²) in [6.07, 6.45) is 0. The third-order valence-electron chi connectivity index (χ3n) is 1.63. The molecule has 4 heteroatoms. The minimum Gasteiger partial charge on any atom is -0.251 e. The van der Waals surface area contributed by atoms with Crippen LogP contribution in [0.3, 0.4) is 0 Å². The molecular weight excluding hydrogens is 207 g/mol. The van der Waals surface area contributed by atoms with Gasteiger partial charge in [0.1, 0.15) is 0 Å². The Morgan fingerprint density at radius 2 is 1.77 bits per heavy atom. The molecule has 0 atom stereocenters. The van der Waals surface area contributed by atoms with E-state index in [9.17, 15) is 0 Å². The fourth-order valence-corrected chi connectivity index (χ4v) is 1.47. The van der Waals surface area contributed by atoms with Crippen molar-refractivity contribution >= 4 is 23.2 Å².